The number of aliphatic hydroxyl groups is 3. The molecule has 6 N–H and O–H groups in total. The van der Waals surface area contributed by atoms with Gasteiger partial charge in [-0.3, -0.25) is 24.2 Å². The molecule has 1 fully saturated rings. The summed E-state index contributed by atoms with van der Waals surface area (Å²) in [5, 5.41) is 45.8. The molecule has 0 radical (unpaired) electrons. The molecule has 5 rings (SSSR count). The Balaban J connectivity index is 1.68. The summed E-state index contributed by atoms with van der Waals surface area (Å²) in [4.78, 5) is 46.0. The van der Waals surface area contributed by atoms with Crippen molar-refractivity contribution < 1.29 is 34.8 Å². The predicted octanol–water partition coefficient (Wildman–Crippen LogP) is 2.34. The second kappa shape index (κ2) is 11.3. The Bertz CT molecular complexity index is 1420. The number of likely N-dealkylation sites (N-methyl/N-ethyl adjacent to an activating group) is 1. The molecule has 4 aliphatic rings. The van der Waals surface area contributed by atoms with Crippen LogP contribution in [0.4, 0.5) is 5.69 Å². The molecule has 0 unspecified atom stereocenters. The number of carbonyl (C=O) groups excluding carboxylic acids is 3. The lowest BCUT2D eigenvalue weighted by Gasteiger charge is -2.50. The number of phenols is 1. The van der Waals surface area contributed by atoms with Gasteiger partial charge in [0.1, 0.15) is 22.8 Å². The minimum Gasteiger partial charge on any atom is -0.510 e. The van der Waals surface area contributed by atoms with Gasteiger partial charge >= 0.3 is 0 Å². The van der Waals surface area contributed by atoms with Crippen LogP contribution >= 0.6 is 0 Å². The van der Waals surface area contributed by atoms with Crippen LogP contribution in [0.1, 0.15) is 67.4 Å². The number of benzene rings is 1. The lowest BCUT2D eigenvalue weighted by molar-refractivity contribution is -0.148. The van der Waals surface area contributed by atoms with Gasteiger partial charge in [0, 0.05) is 36.8 Å². The van der Waals surface area contributed by atoms with Gasteiger partial charge in [-0.25, -0.2) is 0 Å². The van der Waals surface area contributed by atoms with Gasteiger partial charge in [-0.15, -0.1) is 0 Å². The van der Waals surface area contributed by atoms with E-state index in [1.807, 2.05) is 7.05 Å². The first-order valence-electron chi connectivity index (χ1n) is 15.2. The van der Waals surface area contributed by atoms with Gasteiger partial charge in [0.2, 0.25) is 5.78 Å². The number of aromatic hydroxyl groups is 1. The van der Waals surface area contributed by atoms with Crippen molar-refractivity contribution in [2.24, 2.45) is 17.6 Å². The zero-order valence-electron chi connectivity index (χ0n) is 25.7. The van der Waals surface area contributed by atoms with E-state index in [4.69, 9.17) is 5.73 Å². The summed E-state index contributed by atoms with van der Waals surface area (Å²) in [6.45, 7) is 6.63. The number of fused-ring (bicyclic) bond motifs is 3. The van der Waals surface area contributed by atoms with Crippen molar-refractivity contribution in [1.29, 1.82) is 0 Å². The summed E-state index contributed by atoms with van der Waals surface area (Å²) in [5.41, 5.74) is 4.31. The van der Waals surface area contributed by atoms with Crippen LogP contribution in [0.25, 0.3) is 0 Å². The molecule has 0 spiro atoms. The number of phenolic OH excluding ortho intramolecular Hbond substituents is 1. The molecule has 1 aromatic carbocycles. The average molecular weight is 597 g/mol. The first-order valence-corrected chi connectivity index (χ1v) is 15.2. The molecule has 1 aliphatic heterocycles. The van der Waals surface area contributed by atoms with Crippen LogP contribution in [0.15, 0.2) is 28.7 Å². The summed E-state index contributed by atoms with van der Waals surface area (Å²) in [6, 6.07) is 0.691. The molecule has 1 amide bonds. The van der Waals surface area contributed by atoms with Gasteiger partial charge in [0.25, 0.3) is 5.91 Å². The summed E-state index contributed by atoms with van der Waals surface area (Å²) in [7, 11) is 5.21. The number of amides is 1. The fourth-order valence-electron chi connectivity index (χ4n) is 7.73. The number of nitrogens with two attached hydrogens (primary N) is 1. The molecule has 3 aliphatic carbocycles. The van der Waals surface area contributed by atoms with Crippen LogP contribution in [0.2, 0.25) is 0 Å². The Kier molecular flexibility index (Phi) is 8.12. The zero-order chi connectivity index (χ0) is 31.5. The molecule has 0 aromatic heterocycles. The first-order chi connectivity index (χ1) is 20.2. The molecule has 11 heteroatoms. The number of Topliss-reactive ketones (excluding diaryl/α,β-unsaturated/α-hetero) is 2. The number of anilines is 1. The number of nitrogens with zero attached hydrogens (tertiary/aromatic N) is 3. The smallest absolute Gasteiger partial charge is 0.255 e. The van der Waals surface area contributed by atoms with Crippen LogP contribution in [0, 0.1) is 11.8 Å². The Morgan fingerprint density at radius 2 is 1.72 bits per heavy atom. The highest BCUT2D eigenvalue weighted by Crippen LogP contribution is 2.53. The van der Waals surface area contributed by atoms with Gasteiger partial charge in [-0.05, 0) is 89.8 Å². The van der Waals surface area contributed by atoms with Crippen molar-refractivity contribution in [2.75, 3.05) is 39.1 Å². The second-order valence-electron chi connectivity index (χ2n) is 13.1. The molecule has 1 aromatic rings. The molecular weight excluding hydrogens is 552 g/mol. The summed E-state index contributed by atoms with van der Waals surface area (Å²) >= 11 is 0. The first kappa shape index (κ1) is 31.0. The standard InChI is InChI=1S/C32H44N4O7/c1-16(2)35(5)25-18(15-36-10-8-6-7-9-11-36)14-21(37)23-19(25)12-17-13-20-26(34(3)4)28(39)24(31(33)42)30(41)32(20,43)29(40)22(17)27(23)38/h14,16-17,20,26,37,39-40,43H,6-13,15H2,1-5H3,(H2,33,42)/t17-,20-,26-,32-/m0/s1. The van der Waals surface area contributed by atoms with E-state index in [0.717, 1.165) is 37.2 Å². The minimum absolute atomic E-state index is 0.0444. The van der Waals surface area contributed by atoms with Crippen LogP contribution in [-0.2, 0) is 22.6 Å². The molecule has 0 saturated carbocycles. The average Bonchev–Trinajstić information content (AvgIpc) is 3.18. The number of hydrogen-bond acceptors (Lipinski definition) is 10. The molecule has 4 atom stereocenters. The number of ketones is 2. The van der Waals surface area contributed by atoms with Crippen molar-refractivity contribution in [3.63, 3.8) is 0 Å². The highest BCUT2D eigenvalue weighted by atomic mass is 16.3. The van der Waals surface area contributed by atoms with Gasteiger partial charge < -0.3 is 31.1 Å². The molecular formula is C32H44N4O7. The minimum atomic E-state index is -2.65. The number of carbonyl (C=O) groups is 3. The van der Waals surface area contributed by atoms with Crippen LogP contribution in [-0.4, -0.2) is 99.6 Å². The quantitative estimate of drug-likeness (QED) is 0.308. The zero-order valence-corrected chi connectivity index (χ0v) is 25.7. The van der Waals surface area contributed by atoms with Gasteiger partial charge in [-0.1, -0.05) is 12.8 Å². The maximum Gasteiger partial charge on any atom is 0.255 e. The lowest BCUT2D eigenvalue weighted by atomic mass is 9.58. The third-order valence-electron chi connectivity index (χ3n) is 9.99. The molecule has 1 heterocycles. The maximum absolute atomic E-state index is 14.2. The SMILES string of the molecule is CC(C)N(C)c1c(CN2CCCCCC2)cc(O)c2c1C[C@H]1C[C@H]3[C@H](N(C)C)C(O)=C(C(N)=O)C(=O)[C@@]3(O)C(O)=C1C2=O. The van der Waals surface area contributed by atoms with Crippen molar-refractivity contribution in [1.82, 2.24) is 9.80 Å². The highest BCUT2D eigenvalue weighted by molar-refractivity contribution is 6.24. The van der Waals surface area contributed by atoms with Gasteiger partial charge in [-0.2, -0.15) is 0 Å². The predicted molar refractivity (Wildman–Crippen MR) is 161 cm³/mol. The van der Waals surface area contributed by atoms with Crippen LogP contribution < -0.4 is 10.6 Å². The van der Waals surface area contributed by atoms with Gasteiger partial charge in [0.15, 0.2) is 11.4 Å². The number of primary amides is 1. The van der Waals surface area contributed by atoms with Crippen LogP contribution in [0.3, 0.4) is 0 Å². The van der Waals surface area contributed by atoms with E-state index in [1.165, 1.54) is 12.8 Å². The van der Waals surface area contributed by atoms with E-state index in [9.17, 15) is 34.8 Å². The number of aliphatic hydroxyl groups excluding tert-OH is 2. The largest absolute Gasteiger partial charge is 0.510 e. The van der Waals surface area contributed by atoms with Crippen molar-refractivity contribution >= 4 is 23.2 Å². The summed E-state index contributed by atoms with van der Waals surface area (Å²) in [5.74, 6) is -6.45. The number of likely N-dealkylation sites (tertiary alicyclic amines) is 1. The van der Waals surface area contributed by atoms with Crippen LogP contribution in [0.5, 0.6) is 5.75 Å². The lowest BCUT2D eigenvalue weighted by Crippen LogP contribution is -2.63. The van der Waals surface area contributed by atoms with E-state index in [0.29, 0.717) is 12.1 Å². The molecule has 234 valence electrons. The molecule has 0 bridgehead atoms. The molecule has 11 nitrogen and oxygen atoms in total. The Labute approximate surface area is 252 Å². The van der Waals surface area contributed by atoms with E-state index in [-0.39, 0.29) is 35.8 Å². The Morgan fingerprint density at radius 3 is 2.28 bits per heavy atom. The number of rotatable bonds is 6. The second-order valence-corrected chi connectivity index (χ2v) is 13.1. The molecule has 43 heavy (non-hydrogen) atoms. The van der Waals surface area contributed by atoms with E-state index in [2.05, 4.69) is 23.6 Å². The third kappa shape index (κ3) is 4.81. The number of hydrogen-bond donors (Lipinski definition) is 5. The fraction of sp³-hybridized carbons (Fsp3) is 0.594. The van der Waals surface area contributed by atoms with Crippen molar-refractivity contribution in [3.05, 3.63) is 45.4 Å². The normalized spacial score (nSPS) is 28.1. The summed E-state index contributed by atoms with van der Waals surface area (Å²) in [6.07, 6.45) is 4.92. The van der Waals surface area contributed by atoms with Crippen molar-refractivity contribution in [2.45, 2.75) is 76.6 Å². The summed E-state index contributed by atoms with van der Waals surface area (Å²) < 4.78 is 0. The molecule has 1 saturated heterocycles. The van der Waals surface area contributed by atoms with Gasteiger partial charge in [0.05, 0.1) is 11.6 Å². The Morgan fingerprint density at radius 1 is 1.09 bits per heavy atom. The van der Waals surface area contributed by atoms with Crippen molar-refractivity contribution in [3.8, 4) is 5.75 Å². The topological polar surface area (TPSA) is 168 Å². The van der Waals surface area contributed by atoms with E-state index in [1.54, 1.807) is 25.1 Å². The Hall–Kier alpha value is -3.41. The fourth-order valence-corrected chi connectivity index (χ4v) is 7.73. The van der Waals surface area contributed by atoms with E-state index < -0.39 is 58.0 Å². The highest BCUT2D eigenvalue weighted by Gasteiger charge is 2.63. The monoisotopic (exact) mass is 596 g/mol. The van der Waals surface area contributed by atoms with E-state index >= 15 is 0 Å². The number of allylic oxidation sites excluding steroid dienone is 1. The maximum atomic E-state index is 14.2. The third-order valence-corrected chi connectivity index (χ3v) is 9.99.